The summed E-state index contributed by atoms with van der Waals surface area (Å²) in [7, 11) is 4.06. The van der Waals surface area contributed by atoms with Crippen molar-refractivity contribution in [2.24, 2.45) is 5.92 Å². The third kappa shape index (κ3) is 2.37. The number of likely N-dealkylation sites (N-methyl/N-ethyl adjacent to an activating group) is 1. The third-order valence-electron chi connectivity index (χ3n) is 4.51. The van der Waals surface area contributed by atoms with E-state index in [0.717, 1.165) is 29.8 Å². The molecule has 0 aliphatic carbocycles. The van der Waals surface area contributed by atoms with Gasteiger partial charge >= 0.3 is 0 Å². The molecule has 1 spiro atoms. The van der Waals surface area contributed by atoms with Gasteiger partial charge in [-0.05, 0) is 39.3 Å². The van der Waals surface area contributed by atoms with E-state index >= 15 is 0 Å². The summed E-state index contributed by atoms with van der Waals surface area (Å²) in [6.45, 7) is 6.25. The summed E-state index contributed by atoms with van der Waals surface area (Å²) < 4.78 is 5.34. The molecule has 0 radical (unpaired) electrons. The molecule has 0 bridgehead atoms. The van der Waals surface area contributed by atoms with Crippen LogP contribution in [0.15, 0.2) is 0 Å². The van der Waals surface area contributed by atoms with Gasteiger partial charge in [0, 0.05) is 26.8 Å². The number of aryl methyl sites for hydroxylation is 1. The highest BCUT2D eigenvalue weighted by Crippen LogP contribution is 2.40. The Hall–Kier alpha value is -0.720. The van der Waals surface area contributed by atoms with Crippen molar-refractivity contribution < 1.29 is 4.74 Å². The van der Waals surface area contributed by atoms with Crippen molar-refractivity contribution in [2.45, 2.75) is 25.3 Å². The number of likely N-dealkylation sites (tertiary alicyclic amines) is 1. The number of anilines is 1. The van der Waals surface area contributed by atoms with Crippen LogP contribution in [-0.2, 0) is 4.74 Å². The largest absolute Gasteiger partial charge is 0.384 e. The first-order valence-corrected chi connectivity index (χ1v) is 7.70. The van der Waals surface area contributed by atoms with Gasteiger partial charge in [0.05, 0.1) is 5.54 Å². The Balaban J connectivity index is 1.65. The van der Waals surface area contributed by atoms with E-state index in [2.05, 4.69) is 27.0 Å². The standard InChI is InChI=1S/C13H22N4OS/c1-10-14-15-12(19-10)17-8-13(9-17)6-11(7-18-3)4-5-16(13)2/h11H,4-9H2,1-3H3/t11-/m0/s1. The summed E-state index contributed by atoms with van der Waals surface area (Å²) in [5.74, 6) is 0.708. The van der Waals surface area contributed by atoms with Gasteiger partial charge in [-0.1, -0.05) is 11.3 Å². The van der Waals surface area contributed by atoms with Crippen molar-refractivity contribution in [1.29, 1.82) is 0 Å². The number of rotatable bonds is 3. The molecule has 2 saturated heterocycles. The molecule has 5 nitrogen and oxygen atoms in total. The smallest absolute Gasteiger partial charge is 0.208 e. The van der Waals surface area contributed by atoms with Crippen LogP contribution < -0.4 is 4.90 Å². The van der Waals surface area contributed by atoms with Crippen LogP contribution in [0.4, 0.5) is 5.13 Å². The molecule has 106 valence electrons. The Morgan fingerprint density at radius 1 is 1.42 bits per heavy atom. The second-order valence-corrected chi connectivity index (χ2v) is 7.08. The topological polar surface area (TPSA) is 41.5 Å². The van der Waals surface area contributed by atoms with Crippen molar-refractivity contribution in [2.75, 3.05) is 45.3 Å². The minimum Gasteiger partial charge on any atom is -0.384 e. The van der Waals surface area contributed by atoms with Gasteiger partial charge in [-0.2, -0.15) is 0 Å². The first-order chi connectivity index (χ1) is 9.13. The second kappa shape index (κ2) is 5.00. The summed E-state index contributed by atoms with van der Waals surface area (Å²) in [6, 6.07) is 0. The lowest BCUT2D eigenvalue weighted by Gasteiger charge is -2.58. The van der Waals surface area contributed by atoms with Crippen LogP contribution in [0.2, 0.25) is 0 Å². The lowest BCUT2D eigenvalue weighted by Crippen LogP contribution is -2.72. The lowest BCUT2D eigenvalue weighted by atomic mass is 9.75. The van der Waals surface area contributed by atoms with E-state index in [-0.39, 0.29) is 0 Å². The summed E-state index contributed by atoms with van der Waals surface area (Å²) in [6.07, 6.45) is 2.50. The van der Waals surface area contributed by atoms with Crippen molar-refractivity contribution >= 4 is 16.5 Å². The van der Waals surface area contributed by atoms with Crippen LogP contribution in [0.1, 0.15) is 17.8 Å². The minimum atomic E-state index is 0.334. The number of nitrogens with zero attached hydrogens (tertiary/aromatic N) is 4. The molecule has 3 rings (SSSR count). The first-order valence-electron chi connectivity index (χ1n) is 6.88. The van der Waals surface area contributed by atoms with E-state index in [1.54, 1.807) is 11.3 Å². The highest BCUT2D eigenvalue weighted by molar-refractivity contribution is 7.15. The molecule has 1 aromatic heterocycles. The monoisotopic (exact) mass is 282 g/mol. The van der Waals surface area contributed by atoms with Gasteiger partial charge in [-0.15, -0.1) is 10.2 Å². The van der Waals surface area contributed by atoms with Gasteiger partial charge in [-0.3, -0.25) is 4.90 Å². The number of hydrogen-bond donors (Lipinski definition) is 0. The zero-order valence-electron chi connectivity index (χ0n) is 11.9. The average Bonchev–Trinajstić information content (AvgIpc) is 2.75. The van der Waals surface area contributed by atoms with Gasteiger partial charge in [0.25, 0.3) is 0 Å². The highest BCUT2D eigenvalue weighted by Gasteiger charge is 2.50. The second-order valence-electron chi connectivity index (χ2n) is 5.92. The maximum atomic E-state index is 5.34. The number of methoxy groups -OCH3 is 1. The SMILES string of the molecule is COC[C@H]1CCN(C)C2(C1)CN(c1nnc(C)s1)C2. The Labute approximate surface area is 118 Å². The molecular formula is C13H22N4OS. The Morgan fingerprint density at radius 2 is 2.21 bits per heavy atom. The van der Waals surface area contributed by atoms with Gasteiger partial charge in [0.15, 0.2) is 0 Å². The fourth-order valence-electron chi connectivity index (χ4n) is 3.37. The molecule has 1 atom stereocenters. The van der Waals surface area contributed by atoms with Crippen LogP contribution in [0.25, 0.3) is 0 Å². The fourth-order valence-corrected chi connectivity index (χ4v) is 4.06. The summed E-state index contributed by atoms with van der Waals surface area (Å²) in [5, 5.41) is 10.5. The normalized spacial score (nSPS) is 26.7. The van der Waals surface area contributed by atoms with E-state index in [1.807, 2.05) is 14.0 Å². The Morgan fingerprint density at radius 3 is 2.84 bits per heavy atom. The number of piperidine rings is 1. The zero-order chi connectivity index (χ0) is 13.5. The van der Waals surface area contributed by atoms with Crippen LogP contribution in [0.5, 0.6) is 0 Å². The summed E-state index contributed by atoms with van der Waals surface area (Å²) in [5.41, 5.74) is 0.334. The van der Waals surface area contributed by atoms with E-state index < -0.39 is 0 Å². The predicted octanol–water partition coefficient (Wildman–Crippen LogP) is 1.39. The molecular weight excluding hydrogens is 260 g/mol. The molecule has 6 heteroatoms. The van der Waals surface area contributed by atoms with Gasteiger partial charge < -0.3 is 9.64 Å². The van der Waals surface area contributed by atoms with E-state index in [0.29, 0.717) is 11.5 Å². The Bertz CT molecular complexity index is 444. The van der Waals surface area contributed by atoms with Crippen LogP contribution in [-0.4, -0.2) is 61.0 Å². The molecule has 0 amide bonds. The molecule has 2 aliphatic heterocycles. The molecule has 3 heterocycles. The van der Waals surface area contributed by atoms with Gasteiger partial charge in [0.1, 0.15) is 5.01 Å². The quantitative estimate of drug-likeness (QED) is 0.838. The molecule has 2 aliphatic rings. The highest BCUT2D eigenvalue weighted by atomic mass is 32.1. The van der Waals surface area contributed by atoms with Crippen molar-refractivity contribution in [3.63, 3.8) is 0 Å². The van der Waals surface area contributed by atoms with E-state index in [1.165, 1.54) is 19.4 Å². The number of hydrogen-bond acceptors (Lipinski definition) is 6. The lowest BCUT2D eigenvalue weighted by molar-refractivity contribution is -0.00380. The molecule has 19 heavy (non-hydrogen) atoms. The third-order valence-corrected chi connectivity index (χ3v) is 5.41. The zero-order valence-corrected chi connectivity index (χ0v) is 12.7. The minimum absolute atomic E-state index is 0.334. The maximum absolute atomic E-state index is 5.34. The van der Waals surface area contributed by atoms with Gasteiger partial charge in [-0.25, -0.2) is 0 Å². The van der Waals surface area contributed by atoms with Gasteiger partial charge in [0.2, 0.25) is 5.13 Å². The molecule has 0 saturated carbocycles. The summed E-state index contributed by atoms with van der Waals surface area (Å²) in [4.78, 5) is 4.89. The Kier molecular flexibility index (Phi) is 3.49. The molecule has 0 unspecified atom stereocenters. The van der Waals surface area contributed by atoms with E-state index in [4.69, 9.17) is 4.74 Å². The van der Waals surface area contributed by atoms with Crippen molar-refractivity contribution in [1.82, 2.24) is 15.1 Å². The summed E-state index contributed by atoms with van der Waals surface area (Å²) >= 11 is 1.69. The molecule has 0 aromatic carbocycles. The van der Waals surface area contributed by atoms with Crippen molar-refractivity contribution in [3.8, 4) is 0 Å². The van der Waals surface area contributed by atoms with Crippen LogP contribution in [0, 0.1) is 12.8 Å². The number of ether oxygens (including phenoxy) is 1. The average molecular weight is 282 g/mol. The molecule has 1 aromatic rings. The number of aromatic nitrogens is 2. The van der Waals surface area contributed by atoms with Crippen LogP contribution >= 0.6 is 11.3 Å². The predicted molar refractivity (Wildman–Crippen MR) is 76.8 cm³/mol. The van der Waals surface area contributed by atoms with Crippen molar-refractivity contribution in [3.05, 3.63) is 5.01 Å². The fraction of sp³-hybridized carbons (Fsp3) is 0.846. The maximum Gasteiger partial charge on any atom is 0.208 e. The van der Waals surface area contributed by atoms with E-state index in [9.17, 15) is 0 Å². The molecule has 2 fully saturated rings. The molecule has 0 N–H and O–H groups in total. The first kappa shape index (κ1) is 13.3. The van der Waals surface area contributed by atoms with Crippen LogP contribution in [0.3, 0.4) is 0 Å².